The van der Waals surface area contributed by atoms with Crippen LogP contribution in [0.15, 0.2) is 40.7 Å². The first kappa shape index (κ1) is 21.0. The second-order valence-corrected chi connectivity index (χ2v) is 7.47. The predicted molar refractivity (Wildman–Crippen MR) is 109 cm³/mol. The Balaban J connectivity index is 1.58. The van der Waals surface area contributed by atoms with Gasteiger partial charge in [-0.3, -0.25) is 4.79 Å². The van der Waals surface area contributed by atoms with Gasteiger partial charge in [0.05, 0.1) is 13.1 Å². The molecule has 1 aromatic heterocycles. The van der Waals surface area contributed by atoms with Gasteiger partial charge in [0.15, 0.2) is 5.96 Å². The molecule has 0 radical (unpaired) electrons. The molecule has 2 N–H and O–H groups in total. The molecular formula is C20H24F2N4O2S. The summed E-state index contributed by atoms with van der Waals surface area (Å²) in [4.78, 5) is 20.1. The van der Waals surface area contributed by atoms with Crippen molar-refractivity contribution in [3.05, 3.63) is 51.7 Å². The minimum absolute atomic E-state index is 0.00566. The summed E-state index contributed by atoms with van der Waals surface area (Å²) in [7, 11) is 0. The molecule has 0 bridgehead atoms. The first-order valence-electron chi connectivity index (χ1n) is 9.44. The first-order chi connectivity index (χ1) is 14.1. The number of benzene rings is 1. The maximum Gasteiger partial charge on any atom is 0.387 e. The Morgan fingerprint density at radius 1 is 1.31 bits per heavy atom. The van der Waals surface area contributed by atoms with Gasteiger partial charge in [0.2, 0.25) is 5.91 Å². The zero-order valence-corrected chi connectivity index (χ0v) is 17.0. The zero-order chi connectivity index (χ0) is 20.6. The molecule has 1 aliphatic heterocycles. The van der Waals surface area contributed by atoms with Crippen LogP contribution < -0.4 is 15.4 Å². The van der Waals surface area contributed by atoms with E-state index >= 15 is 0 Å². The number of nitrogens with one attached hydrogen (secondary N) is 2. The number of amides is 1. The minimum Gasteiger partial charge on any atom is -0.434 e. The Kier molecular flexibility index (Phi) is 7.40. The van der Waals surface area contributed by atoms with Gasteiger partial charge in [-0.2, -0.15) is 8.78 Å². The number of nitrogens with zero attached hydrogens (tertiary/aromatic N) is 2. The van der Waals surface area contributed by atoms with Gasteiger partial charge in [0, 0.05) is 30.1 Å². The summed E-state index contributed by atoms with van der Waals surface area (Å²) in [5.74, 6) is 0.535. The monoisotopic (exact) mass is 422 g/mol. The fourth-order valence-corrected chi connectivity index (χ4v) is 3.97. The number of halogens is 2. The van der Waals surface area contributed by atoms with Crippen LogP contribution in [0.3, 0.4) is 0 Å². The normalized spacial score (nSPS) is 13.9. The number of guanidine groups is 1. The van der Waals surface area contributed by atoms with Gasteiger partial charge in [-0.05, 0) is 36.4 Å². The van der Waals surface area contributed by atoms with Crippen molar-refractivity contribution in [3.63, 3.8) is 0 Å². The highest BCUT2D eigenvalue weighted by Gasteiger charge is 2.21. The molecule has 0 aliphatic carbocycles. The van der Waals surface area contributed by atoms with Gasteiger partial charge < -0.3 is 20.3 Å². The van der Waals surface area contributed by atoms with E-state index in [9.17, 15) is 13.6 Å². The second kappa shape index (κ2) is 10.2. The largest absolute Gasteiger partial charge is 0.434 e. The van der Waals surface area contributed by atoms with E-state index in [1.54, 1.807) is 29.5 Å². The van der Waals surface area contributed by atoms with Gasteiger partial charge in [-0.1, -0.05) is 18.2 Å². The van der Waals surface area contributed by atoms with Gasteiger partial charge in [0.1, 0.15) is 5.75 Å². The molecule has 1 aliphatic rings. The zero-order valence-electron chi connectivity index (χ0n) is 16.2. The standard InChI is InChI=1S/C20H24F2N4O2S/c1-2-23-20(24-11-14-5-3-4-6-16(14)28-19(21)22)25-12-18(27)26-9-7-17-15(13-26)8-10-29-17/h3-6,8,10,19H,2,7,9,11-13H2,1H3,(H2,23,24,25). The molecule has 2 aromatic rings. The lowest BCUT2D eigenvalue weighted by Gasteiger charge is -2.27. The summed E-state index contributed by atoms with van der Waals surface area (Å²) < 4.78 is 29.6. The predicted octanol–water partition coefficient (Wildman–Crippen LogP) is 2.99. The summed E-state index contributed by atoms with van der Waals surface area (Å²) in [6, 6.07) is 8.60. The van der Waals surface area contributed by atoms with Crippen LogP contribution in [0.25, 0.3) is 0 Å². The number of alkyl halides is 2. The number of fused-ring (bicyclic) bond motifs is 1. The Hall–Kier alpha value is -2.68. The lowest BCUT2D eigenvalue weighted by molar-refractivity contribution is -0.130. The first-order valence-corrected chi connectivity index (χ1v) is 10.3. The van der Waals surface area contributed by atoms with E-state index in [1.807, 2.05) is 11.8 Å². The molecule has 1 aromatic carbocycles. The molecule has 1 amide bonds. The number of para-hydroxylation sites is 1. The number of carbonyl (C=O) groups is 1. The fraction of sp³-hybridized carbons (Fsp3) is 0.400. The highest BCUT2D eigenvalue weighted by atomic mass is 32.1. The molecule has 0 atom stereocenters. The summed E-state index contributed by atoms with van der Waals surface area (Å²) in [5, 5.41) is 8.15. The van der Waals surface area contributed by atoms with E-state index in [2.05, 4.69) is 31.8 Å². The van der Waals surface area contributed by atoms with Crippen molar-refractivity contribution in [2.24, 2.45) is 4.99 Å². The van der Waals surface area contributed by atoms with Crippen molar-refractivity contribution in [2.45, 2.75) is 33.0 Å². The second-order valence-electron chi connectivity index (χ2n) is 6.47. The molecule has 156 valence electrons. The van der Waals surface area contributed by atoms with Crippen LogP contribution in [-0.2, 0) is 24.3 Å². The number of thiophene rings is 1. The summed E-state index contributed by atoms with van der Waals surface area (Å²) >= 11 is 1.73. The molecular weight excluding hydrogens is 398 g/mol. The van der Waals surface area contributed by atoms with Crippen molar-refractivity contribution >= 4 is 23.2 Å². The third kappa shape index (κ3) is 5.90. The third-order valence-corrected chi connectivity index (χ3v) is 5.53. The maximum absolute atomic E-state index is 12.6. The van der Waals surface area contributed by atoms with E-state index in [0.717, 1.165) is 6.42 Å². The SMILES string of the molecule is CCNC(=NCc1ccccc1OC(F)F)NCC(=O)N1CCc2sccc2C1. The minimum atomic E-state index is -2.89. The molecule has 29 heavy (non-hydrogen) atoms. The van der Waals surface area contributed by atoms with Gasteiger partial charge >= 0.3 is 6.61 Å². The molecule has 9 heteroatoms. The van der Waals surface area contributed by atoms with E-state index < -0.39 is 6.61 Å². The number of rotatable bonds is 7. The van der Waals surface area contributed by atoms with Crippen LogP contribution in [-0.4, -0.2) is 43.0 Å². The smallest absolute Gasteiger partial charge is 0.387 e. The van der Waals surface area contributed by atoms with Crippen molar-refractivity contribution in [1.82, 2.24) is 15.5 Å². The van der Waals surface area contributed by atoms with Crippen molar-refractivity contribution in [2.75, 3.05) is 19.6 Å². The Morgan fingerprint density at radius 3 is 2.93 bits per heavy atom. The van der Waals surface area contributed by atoms with Crippen molar-refractivity contribution < 1.29 is 18.3 Å². The fourth-order valence-electron chi connectivity index (χ4n) is 3.08. The van der Waals surface area contributed by atoms with Crippen LogP contribution in [0.1, 0.15) is 22.9 Å². The van der Waals surface area contributed by atoms with Crippen LogP contribution in [0.4, 0.5) is 8.78 Å². The van der Waals surface area contributed by atoms with Crippen LogP contribution in [0, 0.1) is 0 Å². The molecule has 3 rings (SSSR count). The average Bonchev–Trinajstić information content (AvgIpc) is 3.18. The lowest BCUT2D eigenvalue weighted by Crippen LogP contribution is -2.45. The number of hydrogen-bond acceptors (Lipinski definition) is 4. The topological polar surface area (TPSA) is 66.0 Å². The number of aliphatic imine (C=N–C) groups is 1. The van der Waals surface area contributed by atoms with Crippen LogP contribution >= 0.6 is 11.3 Å². The Morgan fingerprint density at radius 2 is 2.14 bits per heavy atom. The number of carbonyl (C=O) groups excluding carboxylic acids is 1. The van der Waals surface area contributed by atoms with E-state index in [4.69, 9.17) is 0 Å². The van der Waals surface area contributed by atoms with Gasteiger partial charge in [-0.15, -0.1) is 11.3 Å². The van der Waals surface area contributed by atoms with Crippen LogP contribution in [0.5, 0.6) is 5.75 Å². The van der Waals surface area contributed by atoms with Gasteiger partial charge in [0.25, 0.3) is 0 Å². The summed E-state index contributed by atoms with van der Waals surface area (Å²) in [5.41, 5.74) is 1.75. The molecule has 2 heterocycles. The van der Waals surface area contributed by atoms with Gasteiger partial charge in [-0.25, -0.2) is 4.99 Å². The molecule has 0 spiro atoms. The third-order valence-electron chi connectivity index (χ3n) is 4.51. The Bertz CT molecular complexity index is 857. The lowest BCUT2D eigenvalue weighted by atomic mass is 10.1. The van der Waals surface area contributed by atoms with E-state index in [0.29, 0.717) is 31.2 Å². The summed E-state index contributed by atoms with van der Waals surface area (Å²) in [6.07, 6.45) is 0.883. The number of ether oxygens (including phenoxy) is 1. The van der Waals surface area contributed by atoms with Crippen LogP contribution in [0.2, 0.25) is 0 Å². The molecule has 6 nitrogen and oxygen atoms in total. The molecule has 0 saturated carbocycles. The summed E-state index contributed by atoms with van der Waals surface area (Å²) in [6.45, 7) is 1.23. The maximum atomic E-state index is 12.6. The van der Waals surface area contributed by atoms with Crippen molar-refractivity contribution in [1.29, 1.82) is 0 Å². The van der Waals surface area contributed by atoms with Crippen molar-refractivity contribution in [3.8, 4) is 5.75 Å². The highest BCUT2D eigenvalue weighted by Crippen LogP contribution is 2.24. The molecule has 0 unspecified atom stereocenters. The quantitative estimate of drug-likeness (QED) is 0.532. The average molecular weight is 423 g/mol. The molecule has 0 fully saturated rings. The van der Waals surface area contributed by atoms with E-state index in [1.165, 1.54) is 16.5 Å². The molecule has 0 saturated heterocycles. The highest BCUT2D eigenvalue weighted by molar-refractivity contribution is 7.10. The number of hydrogen-bond donors (Lipinski definition) is 2. The van der Waals surface area contributed by atoms with E-state index in [-0.39, 0.29) is 24.7 Å². The Labute approximate surface area is 172 Å².